The maximum atomic E-state index is 12.2. The van der Waals surface area contributed by atoms with E-state index in [0.717, 1.165) is 11.1 Å². The summed E-state index contributed by atoms with van der Waals surface area (Å²) in [5.74, 6) is 0. The first-order valence-electron chi connectivity index (χ1n) is 6.18. The predicted molar refractivity (Wildman–Crippen MR) is 83.9 cm³/mol. The monoisotopic (exact) mass is 333 g/mol. The molecule has 0 spiro atoms. The van der Waals surface area contributed by atoms with Crippen LogP contribution in [0.15, 0.2) is 17.2 Å². The van der Waals surface area contributed by atoms with Crippen molar-refractivity contribution in [3.05, 3.63) is 18.0 Å². The number of aryl methyl sites for hydroxylation is 2. The number of aromatic nitrogens is 3. The smallest absolute Gasteiger partial charge is 0.242 e. The number of hydrogen-bond acceptors (Lipinski definition) is 5. The van der Waals surface area contributed by atoms with Crippen molar-refractivity contribution in [3.63, 3.8) is 0 Å². The summed E-state index contributed by atoms with van der Waals surface area (Å²) >= 11 is 0. The summed E-state index contributed by atoms with van der Waals surface area (Å²) < 4.78 is 28.5. The number of nitrogens with two attached hydrogens (primary N) is 1. The van der Waals surface area contributed by atoms with Crippen molar-refractivity contribution >= 4 is 33.5 Å². The van der Waals surface area contributed by atoms with Crippen LogP contribution in [0.2, 0.25) is 0 Å². The van der Waals surface area contributed by atoms with E-state index < -0.39 is 15.6 Å². The zero-order valence-electron chi connectivity index (χ0n) is 12.4. The van der Waals surface area contributed by atoms with Gasteiger partial charge in [-0.25, -0.2) is 18.1 Å². The third-order valence-electron chi connectivity index (χ3n) is 2.87. The minimum Gasteiger partial charge on any atom is -0.324 e. The van der Waals surface area contributed by atoms with Crippen LogP contribution in [0, 0.1) is 6.92 Å². The van der Waals surface area contributed by atoms with Gasteiger partial charge in [0, 0.05) is 30.7 Å². The highest BCUT2D eigenvalue weighted by Gasteiger charge is 2.20. The molecule has 118 valence electrons. The Morgan fingerprint density at radius 2 is 2.05 bits per heavy atom. The number of sulfonamides is 1. The van der Waals surface area contributed by atoms with Gasteiger partial charge >= 0.3 is 0 Å². The van der Waals surface area contributed by atoms with Crippen LogP contribution in [0.3, 0.4) is 0 Å². The van der Waals surface area contributed by atoms with Gasteiger partial charge in [0.25, 0.3) is 0 Å². The Morgan fingerprint density at radius 1 is 1.43 bits per heavy atom. The summed E-state index contributed by atoms with van der Waals surface area (Å²) in [6, 6.07) is 1.58. The van der Waals surface area contributed by atoms with E-state index in [1.165, 1.54) is 6.20 Å². The molecule has 0 aliphatic carbocycles. The van der Waals surface area contributed by atoms with Crippen molar-refractivity contribution in [2.24, 2.45) is 12.8 Å². The molecule has 0 aliphatic rings. The number of pyridine rings is 1. The van der Waals surface area contributed by atoms with Gasteiger partial charge in [0.1, 0.15) is 4.90 Å². The molecule has 21 heavy (non-hydrogen) atoms. The molecule has 2 aromatic rings. The first-order chi connectivity index (χ1) is 9.10. The number of fused-ring (bicyclic) bond motifs is 1. The second-order valence-corrected chi connectivity index (χ2v) is 7.33. The van der Waals surface area contributed by atoms with Gasteiger partial charge in [-0.05, 0) is 26.8 Å². The fraction of sp³-hybridized carbons (Fsp3) is 0.500. The van der Waals surface area contributed by atoms with Gasteiger partial charge in [-0.2, -0.15) is 5.10 Å². The molecule has 2 rings (SSSR count). The Bertz CT molecular complexity index is 749. The number of nitrogens with zero attached hydrogens (tertiary/aromatic N) is 3. The van der Waals surface area contributed by atoms with Gasteiger partial charge in [-0.3, -0.25) is 4.68 Å². The molecular formula is C12H20ClN5O2S. The van der Waals surface area contributed by atoms with Gasteiger partial charge < -0.3 is 5.73 Å². The lowest BCUT2D eigenvalue weighted by Crippen LogP contribution is -2.45. The lowest BCUT2D eigenvalue weighted by molar-refractivity contribution is 0.498. The number of halogens is 1. The maximum Gasteiger partial charge on any atom is 0.242 e. The first-order valence-corrected chi connectivity index (χ1v) is 7.66. The zero-order chi connectivity index (χ0) is 15.1. The second kappa shape index (κ2) is 5.88. The third kappa shape index (κ3) is 3.91. The van der Waals surface area contributed by atoms with Crippen LogP contribution in [0.25, 0.3) is 11.0 Å². The highest BCUT2D eigenvalue weighted by atomic mass is 35.5. The topological polar surface area (TPSA) is 103 Å². The van der Waals surface area contributed by atoms with Crippen molar-refractivity contribution in [2.75, 3.05) is 6.54 Å². The molecular weight excluding hydrogens is 314 g/mol. The zero-order valence-corrected chi connectivity index (χ0v) is 14.0. The third-order valence-corrected chi connectivity index (χ3v) is 4.23. The molecule has 0 radical (unpaired) electrons. The molecule has 7 nitrogen and oxygen atoms in total. The summed E-state index contributed by atoms with van der Waals surface area (Å²) in [5, 5.41) is 4.94. The van der Waals surface area contributed by atoms with Crippen LogP contribution < -0.4 is 10.5 Å². The maximum absolute atomic E-state index is 12.2. The van der Waals surface area contributed by atoms with E-state index in [1.807, 2.05) is 6.92 Å². The number of rotatable bonds is 4. The molecule has 0 bridgehead atoms. The first kappa shape index (κ1) is 17.8. The Labute approximate surface area is 130 Å². The minimum absolute atomic E-state index is 0. The van der Waals surface area contributed by atoms with Crippen LogP contribution in [-0.4, -0.2) is 35.3 Å². The number of hydrogen-bond donors (Lipinski definition) is 2. The number of nitrogens with one attached hydrogen (secondary N) is 1. The van der Waals surface area contributed by atoms with Crippen LogP contribution in [0.1, 0.15) is 19.5 Å². The molecule has 0 unspecified atom stereocenters. The molecule has 2 aromatic heterocycles. The molecule has 9 heteroatoms. The molecule has 3 N–H and O–H groups in total. The lowest BCUT2D eigenvalue weighted by Gasteiger charge is -2.18. The Balaban J connectivity index is 0.00000220. The van der Waals surface area contributed by atoms with E-state index in [4.69, 9.17) is 5.73 Å². The summed E-state index contributed by atoms with van der Waals surface area (Å²) in [6.45, 7) is 5.47. The van der Waals surface area contributed by atoms with Crippen LogP contribution in [0.4, 0.5) is 0 Å². The fourth-order valence-electron chi connectivity index (χ4n) is 1.80. The Hall–Kier alpha value is -1.22. The van der Waals surface area contributed by atoms with E-state index in [9.17, 15) is 8.42 Å². The molecule has 0 atom stereocenters. The van der Waals surface area contributed by atoms with E-state index >= 15 is 0 Å². The summed E-state index contributed by atoms with van der Waals surface area (Å²) in [7, 11) is -1.85. The van der Waals surface area contributed by atoms with Crippen molar-refractivity contribution in [1.29, 1.82) is 0 Å². The van der Waals surface area contributed by atoms with E-state index in [-0.39, 0.29) is 23.8 Å². The lowest BCUT2D eigenvalue weighted by atomic mass is 10.1. The van der Waals surface area contributed by atoms with Crippen molar-refractivity contribution in [3.8, 4) is 0 Å². The highest BCUT2D eigenvalue weighted by molar-refractivity contribution is 7.89. The summed E-state index contributed by atoms with van der Waals surface area (Å²) in [4.78, 5) is 4.28. The van der Waals surface area contributed by atoms with Crippen molar-refractivity contribution < 1.29 is 8.42 Å². The molecule has 0 fully saturated rings. The average molecular weight is 334 g/mol. The standard InChI is InChI=1S/C12H19N5O2S.ClH/c1-8-10-5-9(6-14-11(10)17(4)16-8)20(18,19)15-7-12(2,3)13;/h5-6,15H,7,13H2,1-4H3;1H. The summed E-state index contributed by atoms with van der Waals surface area (Å²) in [5.41, 5.74) is 6.56. The molecule has 0 saturated heterocycles. The van der Waals surface area contributed by atoms with E-state index in [1.54, 1.807) is 31.6 Å². The quantitative estimate of drug-likeness (QED) is 0.858. The SMILES string of the molecule is Cc1nn(C)c2ncc(S(=O)(=O)NCC(C)(C)N)cc12.Cl. The average Bonchev–Trinajstić information content (AvgIpc) is 2.62. The van der Waals surface area contributed by atoms with Crippen LogP contribution >= 0.6 is 12.4 Å². The van der Waals surface area contributed by atoms with Gasteiger partial charge in [-0.1, -0.05) is 0 Å². The summed E-state index contributed by atoms with van der Waals surface area (Å²) in [6.07, 6.45) is 1.33. The van der Waals surface area contributed by atoms with Crippen LogP contribution in [-0.2, 0) is 17.1 Å². The molecule has 2 heterocycles. The second-order valence-electron chi connectivity index (χ2n) is 5.56. The predicted octanol–water partition coefficient (Wildman–Crippen LogP) is 0.714. The minimum atomic E-state index is -3.62. The van der Waals surface area contributed by atoms with Gasteiger partial charge in [-0.15, -0.1) is 12.4 Å². The van der Waals surface area contributed by atoms with Gasteiger partial charge in [0.2, 0.25) is 10.0 Å². The normalized spacial score (nSPS) is 12.4. The highest BCUT2D eigenvalue weighted by Crippen LogP contribution is 2.19. The molecule has 0 saturated carbocycles. The van der Waals surface area contributed by atoms with Gasteiger partial charge in [0.05, 0.1) is 5.69 Å². The van der Waals surface area contributed by atoms with Crippen LogP contribution in [0.5, 0.6) is 0 Å². The van der Waals surface area contributed by atoms with Crippen molar-refractivity contribution in [1.82, 2.24) is 19.5 Å². The van der Waals surface area contributed by atoms with E-state index in [0.29, 0.717) is 5.65 Å². The largest absolute Gasteiger partial charge is 0.324 e. The molecule has 0 amide bonds. The van der Waals surface area contributed by atoms with Gasteiger partial charge in [0.15, 0.2) is 5.65 Å². The molecule has 0 aliphatic heterocycles. The fourth-order valence-corrected chi connectivity index (χ4v) is 2.99. The van der Waals surface area contributed by atoms with E-state index in [2.05, 4.69) is 14.8 Å². The Morgan fingerprint density at radius 3 is 2.62 bits per heavy atom. The Kier molecular flexibility index (Phi) is 4.99. The molecule has 0 aromatic carbocycles. The van der Waals surface area contributed by atoms with Crippen molar-refractivity contribution in [2.45, 2.75) is 31.2 Å².